The van der Waals surface area contributed by atoms with Gasteiger partial charge in [0.25, 0.3) is 0 Å². The van der Waals surface area contributed by atoms with Crippen LogP contribution >= 0.6 is 0 Å². The third kappa shape index (κ3) is 1.79. The van der Waals surface area contributed by atoms with Crippen LogP contribution in [0.25, 0.3) is 5.76 Å². The summed E-state index contributed by atoms with van der Waals surface area (Å²) in [6, 6.07) is 7.56. The van der Waals surface area contributed by atoms with Crippen molar-refractivity contribution in [1.29, 1.82) is 0 Å². The molecule has 1 aromatic carbocycles. The van der Waals surface area contributed by atoms with Crippen LogP contribution in [0.4, 0.5) is 0 Å². The van der Waals surface area contributed by atoms with Gasteiger partial charge in [-0.3, -0.25) is 0 Å². The fourth-order valence-electron chi connectivity index (χ4n) is 1.62. The fourth-order valence-corrected chi connectivity index (χ4v) is 1.62. The summed E-state index contributed by atoms with van der Waals surface area (Å²) in [5.41, 5.74) is 1.78. The van der Waals surface area contributed by atoms with Gasteiger partial charge in [0.05, 0.1) is 13.2 Å². The summed E-state index contributed by atoms with van der Waals surface area (Å²) in [4.78, 5) is 11.2. The first-order valence-corrected chi connectivity index (χ1v) is 4.84. The molecule has 0 saturated heterocycles. The number of rotatable bonds is 2. The molecule has 0 N–H and O–H groups in total. The van der Waals surface area contributed by atoms with E-state index in [2.05, 4.69) is 4.74 Å². The molecule has 0 saturated carbocycles. The summed E-state index contributed by atoms with van der Waals surface area (Å²) in [5.74, 6) is 0.0378. The van der Waals surface area contributed by atoms with Gasteiger partial charge in [-0.2, -0.15) is 0 Å². The number of benzene rings is 1. The number of carbonyl (C=O) groups is 1. The van der Waals surface area contributed by atoms with Crippen LogP contribution in [0.3, 0.4) is 0 Å². The molecule has 4 heteroatoms. The number of carbonyl (C=O) groups excluding carboxylic acids is 1. The van der Waals surface area contributed by atoms with Crippen LogP contribution < -0.4 is 0 Å². The first-order chi connectivity index (χ1) is 7.76. The lowest BCUT2D eigenvalue weighted by atomic mass is 10.1. The fraction of sp³-hybridized carbons (Fsp3) is 0.250. The van der Waals surface area contributed by atoms with Gasteiger partial charge in [-0.05, 0) is 0 Å². The Labute approximate surface area is 93.4 Å². The molecule has 2 rings (SSSR count). The van der Waals surface area contributed by atoms with E-state index >= 15 is 0 Å². The van der Waals surface area contributed by atoms with Crippen LogP contribution in [0.5, 0.6) is 0 Å². The molecular weight excluding hydrogens is 208 g/mol. The Morgan fingerprint density at radius 2 is 2.12 bits per heavy atom. The average Bonchev–Trinajstić information content (AvgIpc) is 2.68. The Bertz CT molecular complexity index is 436. The number of ether oxygens (including phenoxy) is 3. The van der Waals surface area contributed by atoms with E-state index in [4.69, 9.17) is 9.47 Å². The average molecular weight is 220 g/mol. The van der Waals surface area contributed by atoms with Crippen molar-refractivity contribution < 1.29 is 19.0 Å². The van der Waals surface area contributed by atoms with Crippen LogP contribution in [0.1, 0.15) is 17.4 Å². The van der Waals surface area contributed by atoms with E-state index in [0.717, 1.165) is 11.1 Å². The van der Waals surface area contributed by atoms with Gasteiger partial charge in [-0.25, -0.2) is 4.79 Å². The predicted octanol–water partition coefficient (Wildman–Crippen LogP) is 1.88. The second-order valence-electron chi connectivity index (χ2n) is 3.30. The highest BCUT2D eigenvalue weighted by molar-refractivity contribution is 5.90. The lowest BCUT2D eigenvalue weighted by Crippen LogP contribution is -1.98. The molecule has 1 heterocycles. The molecule has 0 bridgehead atoms. The number of esters is 1. The quantitative estimate of drug-likeness (QED) is 0.564. The number of methoxy groups -OCH3 is 2. The lowest BCUT2D eigenvalue weighted by molar-refractivity contribution is -0.135. The van der Waals surface area contributed by atoms with Gasteiger partial charge in [0.1, 0.15) is 5.76 Å². The molecule has 16 heavy (non-hydrogen) atoms. The lowest BCUT2D eigenvalue weighted by Gasteiger charge is -2.08. The van der Waals surface area contributed by atoms with Crippen LogP contribution in [-0.4, -0.2) is 20.2 Å². The first-order valence-electron chi connectivity index (χ1n) is 4.84. The highest BCUT2D eigenvalue weighted by atomic mass is 16.7. The van der Waals surface area contributed by atoms with E-state index in [0.29, 0.717) is 5.76 Å². The van der Waals surface area contributed by atoms with Crippen molar-refractivity contribution in [2.45, 2.75) is 6.29 Å². The summed E-state index contributed by atoms with van der Waals surface area (Å²) in [7, 11) is 2.89. The van der Waals surface area contributed by atoms with Gasteiger partial charge in [0, 0.05) is 18.2 Å². The largest absolute Gasteiger partial charge is 0.466 e. The number of hydrogen-bond donors (Lipinski definition) is 0. The zero-order chi connectivity index (χ0) is 11.5. The van der Waals surface area contributed by atoms with Gasteiger partial charge >= 0.3 is 5.97 Å². The second kappa shape index (κ2) is 4.37. The van der Waals surface area contributed by atoms with Gasteiger partial charge in [0.15, 0.2) is 0 Å². The van der Waals surface area contributed by atoms with E-state index in [1.807, 2.05) is 24.3 Å². The summed E-state index contributed by atoms with van der Waals surface area (Å²) in [5, 5.41) is 0. The van der Waals surface area contributed by atoms with Gasteiger partial charge in [0.2, 0.25) is 6.29 Å². The maximum atomic E-state index is 11.2. The SMILES string of the molecule is COC(=O)/C=C1\OC(OC)c2ccccc21. The van der Waals surface area contributed by atoms with E-state index in [1.165, 1.54) is 13.2 Å². The highest BCUT2D eigenvalue weighted by Gasteiger charge is 2.27. The molecule has 4 nitrogen and oxygen atoms in total. The molecule has 0 aliphatic carbocycles. The molecule has 0 spiro atoms. The normalized spacial score (nSPS) is 20.4. The van der Waals surface area contributed by atoms with Crippen LogP contribution in [0.2, 0.25) is 0 Å². The monoisotopic (exact) mass is 220 g/mol. The smallest absolute Gasteiger partial charge is 0.334 e. The predicted molar refractivity (Wildman–Crippen MR) is 57.3 cm³/mol. The van der Waals surface area contributed by atoms with Gasteiger partial charge in [-0.15, -0.1) is 0 Å². The van der Waals surface area contributed by atoms with Crippen molar-refractivity contribution in [1.82, 2.24) is 0 Å². The molecule has 0 aromatic heterocycles. The highest BCUT2D eigenvalue weighted by Crippen LogP contribution is 2.38. The van der Waals surface area contributed by atoms with E-state index in [1.54, 1.807) is 7.11 Å². The van der Waals surface area contributed by atoms with Crippen molar-refractivity contribution in [3.05, 3.63) is 41.5 Å². The van der Waals surface area contributed by atoms with Crippen molar-refractivity contribution in [2.75, 3.05) is 14.2 Å². The Morgan fingerprint density at radius 3 is 2.81 bits per heavy atom. The summed E-state index contributed by atoms with van der Waals surface area (Å²) < 4.78 is 15.2. The summed E-state index contributed by atoms with van der Waals surface area (Å²) in [6.07, 6.45) is 0.866. The summed E-state index contributed by atoms with van der Waals surface area (Å²) >= 11 is 0. The molecule has 1 aromatic rings. The summed E-state index contributed by atoms with van der Waals surface area (Å²) in [6.45, 7) is 0. The van der Waals surface area contributed by atoms with E-state index in [-0.39, 0.29) is 0 Å². The molecule has 0 fully saturated rings. The Balaban J connectivity index is 2.39. The molecule has 0 radical (unpaired) electrons. The Kier molecular flexibility index (Phi) is 2.92. The second-order valence-corrected chi connectivity index (χ2v) is 3.30. The molecule has 1 aliphatic rings. The van der Waals surface area contributed by atoms with E-state index in [9.17, 15) is 4.79 Å². The van der Waals surface area contributed by atoms with Gasteiger partial charge < -0.3 is 14.2 Å². The maximum absolute atomic E-state index is 11.2. The maximum Gasteiger partial charge on any atom is 0.334 e. The Hall–Kier alpha value is -1.81. The van der Waals surface area contributed by atoms with Gasteiger partial charge in [-0.1, -0.05) is 24.3 Å². The third-order valence-electron chi connectivity index (χ3n) is 2.38. The van der Waals surface area contributed by atoms with E-state index < -0.39 is 12.3 Å². The van der Waals surface area contributed by atoms with Crippen molar-refractivity contribution in [2.24, 2.45) is 0 Å². The topological polar surface area (TPSA) is 44.8 Å². The third-order valence-corrected chi connectivity index (χ3v) is 2.38. The zero-order valence-electron chi connectivity index (χ0n) is 9.10. The minimum absolute atomic E-state index is 0.443. The number of fused-ring (bicyclic) bond motifs is 1. The minimum atomic E-state index is -0.452. The zero-order valence-corrected chi connectivity index (χ0v) is 9.10. The van der Waals surface area contributed by atoms with Crippen LogP contribution in [0, 0.1) is 0 Å². The standard InChI is InChI=1S/C12H12O4/c1-14-11(13)7-10-8-5-3-4-6-9(8)12(15-2)16-10/h3-7,12H,1-2H3/b10-7-. The minimum Gasteiger partial charge on any atom is -0.466 e. The number of hydrogen-bond acceptors (Lipinski definition) is 4. The van der Waals surface area contributed by atoms with Crippen molar-refractivity contribution >= 4 is 11.7 Å². The van der Waals surface area contributed by atoms with Crippen molar-refractivity contribution in [3.63, 3.8) is 0 Å². The molecule has 1 unspecified atom stereocenters. The van der Waals surface area contributed by atoms with Crippen LogP contribution in [-0.2, 0) is 19.0 Å². The first kappa shape index (κ1) is 10.7. The van der Waals surface area contributed by atoms with Crippen LogP contribution in [0.15, 0.2) is 30.3 Å². The molecular formula is C12H12O4. The molecule has 1 atom stereocenters. The molecule has 0 amide bonds. The molecule has 84 valence electrons. The molecule has 1 aliphatic heterocycles. The Morgan fingerprint density at radius 1 is 1.38 bits per heavy atom. The van der Waals surface area contributed by atoms with Crippen molar-refractivity contribution in [3.8, 4) is 0 Å².